The molecule has 0 unspecified atom stereocenters. The van der Waals surface area contributed by atoms with Crippen LogP contribution in [0.5, 0.6) is 0 Å². The standard InChI is InChI=1S/C21H16F3N5O/c22-21(23,24)13-27-20(30)28-15-5-3-4-14(12-15)18-16(17-6-1-2-8-25-17)7-10-29-11-9-26-19(18)29/h1-12H,13H2,(H2,27,28,30). The van der Waals surface area contributed by atoms with Crippen molar-refractivity contribution in [3.8, 4) is 22.4 Å². The maximum absolute atomic E-state index is 12.3. The zero-order valence-corrected chi connectivity index (χ0v) is 15.5. The van der Waals surface area contributed by atoms with Crippen LogP contribution in [0.1, 0.15) is 0 Å². The summed E-state index contributed by atoms with van der Waals surface area (Å²) in [4.78, 5) is 20.7. The summed E-state index contributed by atoms with van der Waals surface area (Å²) in [6, 6.07) is 13.4. The lowest BCUT2D eigenvalue weighted by molar-refractivity contribution is -0.122. The van der Waals surface area contributed by atoms with E-state index in [0.717, 1.165) is 22.4 Å². The summed E-state index contributed by atoms with van der Waals surface area (Å²) < 4.78 is 38.8. The third kappa shape index (κ3) is 4.24. The molecule has 3 heterocycles. The van der Waals surface area contributed by atoms with Gasteiger partial charge in [-0.2, -0.15) is 13.2 Å². The number of carbonyl (C=O) groups is 1. The summed E-state index contributed by atoms with van der Waals surface area (Å²) in [5.74, 6) is 0. The Labute approximate surface area is 169 Å². The molecule has 0 saturated heterocycles. The van der Waals surface area contributed by atoms with Crippen LogP contribution in [-0.2, 0) is 0 Å². The fourth-order valence-electron chi connectivity index (χ4n) is 3.11. The summed E-state index contributed by atoms with van der Waals surface area (Å²) in [5, 5.41) is 4.22. The maximum Gasteiger partial charge on any atom is 0.405 e. The number of anilines is 1. The summed E-state index contributed by atoms with van der Waals surface area (Å²) in [6.45, 7) is -1.41. The lowest BCUT2D eigenvalue weighted by Gasteiger charge is -2.13. The van der Waals surface area contributed by atoms with E-state index in [1.165, 1.54) is 0 Å². The molecule has 3 aromatic heterocycles. The van der Waals surface area contributed by atoms with Gasteiger partial charge in [-0.15, -0.1) is 0 Å². The number of carbonyl (C=O) groups excluding carboxylic acids is 1. The van der Waals surface area contributed by atoms with Crippen molar-refractivity contribution in [2.24, 2.45) is 0 Å². The smallest absolute Gasteiger partial charge is 0.329 e. The maximum atomic E-state index is 12.3. The van der Waals surface area contributed by atoms with E-state index in [-0.39, 0.29) is 0 Å². The average molecular weight is 411 g/mol. The fraction of sp³-hybridized carbons (Fsp3) is 0.0952. The SMILES string of the molecule is O=C(NCC(F)(F)F)Nc1cccc(-c2c(-c3ccccn3)ccn3ccnc23)c1. The molecule has 0 aliphatic carbocycles. The van der Waals surface area contributed by atoms with Crippen molar-refractivity contribution >= 4 is 17.4 Å². The Kier molecular flexibility index (Phi) is 5.09. The van der Waals surface area contributed by atoms with Crippen LogP contribution in [0.3, 0.4) is 0 Å². The predicted octanol–water partition coefficient (Wildman–Crippen LogP) is 4.75. The zero-order valence-electron chi connectivity index (χ0n) is 15.5. The van der Waals surface area contributed by atoms with Crippen molar-refractivity contribution in [1.82, 2.24) is 19.7 Å². The number of nitrogens with one attached hydrogen (secondary N) is 2. The van der Waals surface area contributed by atoms with E-state index in [0.29, 0.717) is 11.3 Å². The number of rotatable bonds is 4. The minimum Gasteiger partial charge on any atom is -0.329 e. The van der Waals surface area contributed by atoms with Gasteiger partial charge in [0.05, 0.1) is 5.69 Å². The first-order valence-corrected chi connectivity index (χ1v) is 9.00. The molecule has 0 spiro atoms. The van der Waals surface area contributed by atoms with E-state index in [4.69, 9.17) is 0 Å². The normalized spacial score (nSPS) is 11.4. The van der Waals surface area contributed by atoms with Crippen LogP contribution in [0.25, 0.3) is 28.0 Å². The molecule has 4 aromatic rings. The van der Waals surface area contributed by atoms with Crippen molar-refractivity contribution in [1.29, 1.82) is 0 Å². The molecular formula is C21H16F3N5O. The van der Waals surface area contributed by atoms with E-state index >= 15 is 0 Å². The van der Waals surface area contributed by atoms with Gasteiger partial charge in [-0.3, -0.25) is 4.98 Å². The van der Waals surface area contributed by atoms with Crippen LogP contribution >= 0.6 is 0 Å². The van der Waals surface area contributed by atoms with Crippen molar-refractivity contribution < 1.29 is 18.0 Å². The topological polar surface area (TPSA) is 71.3 Å². The Morgan fingerprint density at radius 1 is 1.00 bits per heavy atom. The number of benzene rings is 1. The first-order chi connectivity index (χ1) is 14.4. The number of aromatic nitrogens is 3. The molecule has 0 aliphatic rings. The van der Waals surface area contributed by atoms with Gasteiger partial charge in [-0.05, 0) is 35.9 Å². The highest BCUT2D eigenvalue weighted by molar-refractivity contribution is 5.94. The van der Waals surface area contributed by atoms with Gasteiger partial charge in [0.25, 0.3) is 0 Å². The second kappa shape index (κ2) is 7.86. The molecule has 0 aliphatic heterocycles. The number of halogens is 3. The van der Waals surface area contributed by atoms with Gasteiger partial charge in [0.1, 0.15) is 12.2 Å². The quantitative estimate of drug-likeness (QED) is 0.509. The fourth-order valence-corrected chi connectivity index (χ4v) is 3.11. The van der Waals surface area contributed by atoms with Gasteiger partial charge in [-0.1, -0.05) is 18.2 Å². The van der Waals surface area contributed by atoms with Gasteiger partial charge in [0, 0.05) is 41.6 Å². The van der Waals surface area contributed by atoms with Gasteiger partial charge in [-0.25, -0.2) is 9.78 Å². The highest BCUT2D eigenvalue weighted by Crippen LogP contribution is 2.35. The molecule has 0 bridgehead atoms. The number of alkyl halides is 3. The second-order valence-corrected chi connectivity index (χ2v) is 6.48. The van der Waals surface area contributed by atoms with Crippen LogP contribution in [0, 0.1) is 0 Å². The van der Waals surface area contributed by atoms with Gasteiger partial charge in [0.15, 0.2) is 0 Å². The second-order valence-electron chi connectivity index (χ2n) is 6.48. The van der Waals surface area contributed by atoms with E-state index in [1.807, 2.05) is 47.1 Å². The molecule has 6 nitrogen and oxygen atoms in total. The summed E-state index contributed by atoms with van der Waals surface area (Å²) >= 11 is 0. The molecule has 0 radical (unpaired) electrons. The van der Waals surface area contributed by atoms with Crippen molar-refractivity contribution in [2.75, 3.05) is 11.9 Å². The molecule has 152 valence electrons. The highest BCUT2D eigenvalue weighted by Gasteiger charge is 2.27. The number of pyridine rings is 2. The van der Waals surface area contributed by atoms with Gasteiger partial charge >= 0.3 is 12.2 Å². The van der Waals surface area contributed by atoms with E-state index in [9.17, 15) is 18.0 Å². The summed E-state index contributed by atoms with van der Waals surface area (Å²) in [5.41, 5.74) is 4.17. The molecule has 9 heteroatoms. The Hall–Kier alpha value is -3.88. The zero-order chi connectivity index (χ0) is 21.1. The van der Waals surface area contributed by atoms with Crippen molar-refractivity contribution in [3.63, 3.8) is 0 Å². The number of imidazole rings is 1. The minimum atomic E-state index is -4.48. The number of hydrogen-bond acceptors (Lipinski definition) is 3. The lowest BCUT2D eigenvalue weighted by Crippen LogP contribution is -2.36. The summed E-state index contributed by atoms with van der Waals surface area (Å²) in [7, 11) is 0. The lowest BCUT2D eigenvalue weighted by atomic mass is 9.98. The van der Waals surface area contributed by atoms with E-state index in [2.05, 4.69) is 15.3 Å². The number of amides is 2. The van der Waals surface area contributed by atoms with Crippen LogP contribution in [-0.4, -0.2) is 33.1 Å². The van der Waals surface area contributed by atoms with Crippen LogP contribution < -0.4 is 10.6 Å². The van der Waals surface area contributed by atoms with Gasteiger partial charge < -0.3 is 15.0 Å². The van der Waals surface area contributed by atoms with Crippen LogP contribution in [0.2, 0.25) is 0 Å². The summed E-state index contributed by atoms with van der Waals surface area (Å²) in [6.07, 6.45) is 2.58. The Morgan fingerprint density at radius 2 is 1.87 bits per heavy atom. The Bertz CT molecular complexity index is 1190. The number of hydrogen-bond donors (Lipinski definition) is 2. The van der Waals surface area contributed by atoms with E-state index in [1.54, 1.807) is 35.9 Å². The molecule has 0 atom stereocenters. The molecule has 2 N–H and O–H groups in total. The minimum absolute atomic E-state index is 0.354. The third-order valence-corrected chi connectivity index (χ3v) is 4.36. The number of urea groups is 1. The predicted molar refractivity (Wildman–Crippen MR) is 107 cm³/mol. The molecule has 0 saturated carbocycles. The average Bonchev–Trinajstić information content (AvgIpc) is 3.21. The molecule has 0 fully saturated rings. The van der Waals surface area contributed by atoms with Crippen LogP contribution in [0.15, 0.2) is 73.3 Å². The van der Waals surface area contributed by atoms with Crippen molar-refractivity contribution in [2.45, 2.75) is 6.18 Å². The van der Waals surface area contributed by atoms with Gasteiger partial charge in [0.2, 0.25) is 0 Å². The molecule has 1 aromatic carbocycles. The first kappa shape index (κ1) is 19.4. The Morgan fingerprint density at radius 3 is 2.63 bits per heavy atom. The Balaban J connectivity index is 1.72. The van der Waals surface area contributed by atoms with Crippen molar-refractivity contribution in [3.05, 3.63) is 73.3 Å². The highest BCUT2D eigenvalue weighted by atomic mass is 19.4. The monoisotopic (exact) mass is 411 g/mol. The molecule has 4 rings (SSSR count). The molecule has 30 heavy (non-hydrogen) atoms. The number of fused-ring (bicyclic) bond motifs is 1. The third-order valence-electron chi connectivity index (χ3n) is 4.36. The first-order valence-electron chi connectivity index (χ1n) is 9.00. The molecular weight excluding hydrogens is 395 g/mol. The molecule has 2 amide bonds. The largest absolute Gasteiger partial charge is 0.405 e. The van der Waals surface area contributed by atoms with E-state index < -0.39 is 18.8 Å². The number of nitrogens with zero attached hydrogens (tertiary/aromatic N) is 3. The van der Waals surface area contributed by atoms with Crippen LogP contribution in [0.4, 0.5) is 23.7 Å².